The van der Waals surface area contributed by atoms with Gasteiger partial charge in [0.1, 0.15) is 43.5 Å². The zero-order valence-corrected chi connectivity index (χ0v) is 61.3. The third-order valence-electron chi connectivity index (χ3n) is 21.8. The summed E-state index contributed by atoms with van der Waals surface area (Å²) in [4.78, 5) is 118. The Labute approximate surface area is 621 Å². The highest BCUT2D eigenvalue weighted by molar-refractivity contribution is 7.22. The van der Waals surface area contributed by atoms with Crippen LogP contribution < -0.4 is 26.2 Å². The lowest BCUT2D eigenvalue weighted by atomic mass is 9.39. The number of aromatic carboxylic acids is 1. The van der Waals surface area contributed by atoms with E-state index in [0.29, 0.717) is 71.2 Å². The fraction of sp³-hybridized carbons (Fsp3) is 0.513. The number of imide groups is 1. The standard InChI is InChI=1S/C76H93N11O19S/c1-41(2)60(82-57(90)31-86-58(91)20-21-59(86)92)68(98)78-42(3)66(96)79-47-16-14-46(45(28-47)15-18-54-62(93)63(94)64(95)65(106-54)70(101)102)33-104-72(103)84(25-23-48(89)32-88)26-27-105-76-37-73(5)34-74(6,38-76)36-75(35-73,39-76)40-87-43(4)51(29-77-87)49-17-19-56(81-61(49)69(99)100)85-24-22-44-10-9-11-50(52(44)30-85)67(97)83-71-80-53-12-7-8-13-55(53)107-71/h7-14,16-17,19-21,28-29,41-42,48,54,60,62-65,68,78,88-89,93-95,98H,15,18,22-27,30-40H2,1-6H3,(H,79,96)(H,82,90)(H,99,100)(H,101,102)(H,80,83,97)/t42-,48-,54-,60-,62-,63+,64-,65-,68?,73?,74?,75?,76?/m0/s1. The number of aromatic nitrogens is 4. The number of aryl methyl sites for hydroxylation is 1. The topological polar surface area (TPSA) is 428 Å². The molecule has 3 aliphatic heterocycles. The van der Waals surface area contributed by atoms with Crippen molar-refractivity contribution in [3.05, 3.63) is 130 Å². The number of carbonyl (C=O) groups excluding carboxylic acids is 6. The van der Waals surface area contributed by atoms with Crippen molar-refractivity contribution in [2.45, 2.75) is 186 Å². The summed E-state index contributed by atoms with van der Waals surface area (Å²) in [6.07, 6.45) is -3.04. The van der Waals surface area contributed by atoms with E-state index >= 15 is 0 Å². The maximum atomic E-state index is 14.4. The highest BCUT2D eigenvalue weighted by Gasteiger charge is 2.66. The van der Waals surface area contributed by atoms with Crippen LogP contribution in [0, 0.1) is 29.1 Å². The van der Waals surface area contributed by atoms with Gasteiger partial charge in [-0.3, -0.25) is 44.2 Å². The molecule has 6 heterocycles. The molecule has 4 bridgehead atoms. The molecule has 4 aliphatic carbocycles. The minimum absolute atomic E-state index is 0.0161. The highest BCUT2D eigenvalue weighted by Crippen LogP contribution is 2.72. The minimum Gasteiger partial charge on any atom is -0.479 e. The van der Waals surface area contributed by atoms with Crippen LogP contribution in [0.15, 0.2) is 91.1 Å². The molecular weight excluding hydrogens is 1400 g/mol. The quantitative estimate of drug-likeness (QED) is 0.0207. The molecule has 6 aromatic rings. The van der Waals surface area contributed by atoms with Gasteiger partial charge in [0.05, 0.1) is 59.5 Å². The molecule has 11 atom stereocenters. The lowest BCUT2D eigenvalue weighted by Crippen LogP contribution is -2.64. The van der Waals surface area contributed by atoms with E-state index < -0.39 is 121 Å². The Bertz CT molecular complexity index is 4360. The number of amides is 6. The third kappa shape index (κ3) is 17.1. The smallest absolute Gasteiger partial charge is 0.410 e. The second-order valence-corrected chi connectivity index (χ2v) is 31.8. The number of anilines is 3. The number of para-hydroxylation sites is 1. The van der Waals surface area contributed by atoms with Crippen molar-refractivity contribution in [3.63, 3.8) is 0 Å². The number of benzene rings is 3. The molecular formula is C76H93N11O19S. The maximum absolute atomic E-state index is 14.4. The van der Waals surface area contributed by atoms with Crippen LogP contribution in [0.25, 0.3) is 21.3 Å². The van der Waals surface area contributed by atoms with Crippen molar-refractivity contribution in [2.75, 3.05) is 54.9 Å². The van der Waals surface area contributed by atoms with Gasteiger partial charge in [-0.25, -0.2) is 24.4 Å². The Kier molecular flexibility index (Phi) is 22.9. The maximum Gasteiger partial charge on any atom is 0.410 e. The van der Waals surface area contributed by atoms with Gasteiger partial charge in [-0.15, -0.1) is 0 Å². The van der Waals surface area contributed by atoms with Crippen LogP contribution >= 0.6 is 11.3 Å². The molecule has 12 N–H and O–H groups in total. The second kappa shape index (κ2) is 31.6. The molecule has 13 rings (SSSR count). The molecule has 0 radical (unpaired) electrons. The monoisotopic (exact) mass is 1500 g/mol. The molecule has 0 spiro atoms. The summed E-state index contributed by atoms with van der Waals surface area (Å²) in [5.74, 6) is -5.72. The van der Waals surface area contributed by atoms with Gasteiger partial charge in [0.2, 0.25) is 11.8 Å². The average Bonchev–Trinajstić information content (AvgIpc) is 0.787. The fourth-order valence-electron chi connectivity index (χ4n) is 17.7. The van der Waals surface area contributed by atoms with Crippen LogP contribution in [0.5, 0.6) is 0 Å². The molecule has 572 valence electrons. The summed E-state index contributed by atoms with van der Waals surface area (Å²) in [7, 11) is 0. The number of fused-ring (bicyclic) bond motifs is 2. The largest absolute Gasteiger partial charge is 0.479 e. The van der Waals surface area contributed by atoms with Crippen molar-refractivity contribution in [2.24, 2.45) is 22.2 Å². The molecule has 1 saturated heterocycles. The Hall–Kier alpha value is -9.15. The molecule has 30 nitrogen and oxygen atoms in total. The minimum atomic E-state index is -1.94. The van der Waals surface area contributed by atoms with E-state index in [1.807, 2.05) is 59.0 Å². The zero-order valence-electron chi connectivity index (χ0n) is 60.5. The van der Waals surface area contributed by atoms with Crippen LogP contribution in [-0.4, -0.2) is 218 Å². The van der Waals surface area contributed by atoms with Crippen LogP contribution in [0.2, 0.25) is 0 Å². The van der Waals surface area contributed by atoms with Crippen LogP contribution in [0.1, 0.15) is 135 Å². The number of aliphatic hydroxyl groups excluding tert-OH is 6. The van der Waals surface area contributed by atoms with Crippen LogP contribution in [0.4, 0.5) is 21.4 Å². The highest BCUT2D eigenvalue weighted by atomic mass is 32.1. The zero-order chi connectivity index (χ0) is 76.6. The number of hydrogen-bond acceptors (Lipinski definition) is 23. The number of nitrogens with one attached hydrogen (secondary N) is 4. The first-order valence-electron chi connectivity index (χ1n) is 36.1. The van der Waals surface area contributed by atoms with Gasteiger partial charge in [-0.2, -0.15) is 5.10 Å². The van der Waals surface area contributed by atoms with E-state index in [1.165, 1.54) is 29.2 Å². The van der Waals surface area contributed by atoms with Crippen molar-refractivity contribution < 1.29 is 93.4 Å². The number of nitrogens with zero attached hydrogens (tertiary/aromatic N) is 7. The van der Waals surface area contributed by atoms with Gasteiger partial charge >= 0.3 is 18.0 Å². The summed E-state index contributed by atoms with van der Waals surface area (Å²) in [6, 6.07) is 19.5. The summed E-state index contributed by atoms with van der Waals surface area (Å²) in [5.41, 5.74) is 4.67. The molecule has 7 aliphatic rings. The number of carbonyl (C=O) groups is 8. The first-order chi connectivity index (χ1) is 50.8. The predicted octanol–water partition coefficient (Wildman–Crippen LogP) is 5.06. The first-order valence-corrected chi connectivity index (χ1v) is 36.9. The molecule has 4 saturated carbocycles. The summed E-state index contributed by atoms with van der Waals surface area (Å²) in [5, 5.41) is 101. The van der Waals surface area contributed by atoms with Crippen molar-refractivity contribution >= 4 is 85.8 Å². The normalized spacial score (nSPS) is 25.5. The van der Waals surface area contributed by atoms with Gasteiger partial charge in [0.15, 0.2) is 16.9 Å². The van der Waals surface area contributed by atoms with Gasteiger partial charge in [-0.1, -0.05) is 69.4 Å². The Balaban J connectivity index is 0.714. The van der Waals surface area contributed by atoms with Gasteiger partial charge in [-0.05, 0) is 165 Å². The Morgan fingerprint density at radius 1 is 0.822 bits per heavy atom. The van der Waals surface area contributed by atoms with Crippen molar-refractivity contribution in [3.8, 4) is 11.1 Å². The van der Waals surface area contributed by atoms with Crippen molar-refractivity contribution in [1.82, 2.24) is 40.2 Å². The van der Waals surface area contributed by atoms with E-state index in [2.05, 4.69) is 40.1 Å². The van der Waals surface area contributed by atoms with E-state index in [1.54, 1.807) is 44.3 Å². The molecule has 6 amide bonds. The van der Waals surface area contributed by atoms with Gasteiger partial charge in [0.25, 0.3) is 17.7 Å². The number of pyridine rings is 1. The molecule has 3 unspecified atom stereocenters. The number of rotatable bonds is 30. The van der Waals surface area contributed by atoms with E-state index in [4.69, 9.17) is 24.3 Å². The number of carboxylic acids is 2. The number of aliphatic carboxylic acids is 1. The second-order valence-electron chi connectivity index (χ2n) is 30.8. The molecule has 107 heavy (non-hydrogen) atoms. The molecule has 5 fully saturated rings. The average molecular weight is 1500 g/mol. The fourth-order valence-corrected chi connectivity index (χ4v) is 18.6. The summed E-state index contributed by atoms with van der Waals surface area (Å²) in [6.45, 7) is 11.3. The summed E-state index contributed by atoms with van der Waals surface area (Å²) < 4.78 is 21.6. The lowest BCUT2D eigenvalue weighted by Gasteiger charge is -2.69. The molecule has 3 aromatic heterocycles. The van der Waals surface area contributed by atoms with Crippen LogP contribution in [0.3, 0.4) is 0 Å². The number of carboxylic acid groups (broad SMARTS) is 2. The molecule has 31 heteroatoms. The number of aliphatic hydroxyl groups is 6. The Morgan fingerprint density at radius 2 is 1.56 bits per heavy atom. The summed E-state index contributed by atoms with van der Waals surface area (Å²) >= 11 is 1.39. The Morgan fingerprint density at radius 3 is 2.26 bits per heavy atom. The third-order valence-corrected chi connectivity index (χ3v) is 22.8. The number of hydrogen-bond donors (Lipinski definition) is 12. The van der Waals surface area contributed by atoms with Crippen LogP contribution in [-0.2, 0) is 70.7 Å². The van der Waals surface area contributed by atoms with Gasteiger partial charge in [0, 0.05) is 72.9 Å². The number of thiazole rings is 1. The van der Waals surface area contributed by atoms with E-state index in [-0.39, 0.29) is 79.1 Å². The predicted molar refractivity (Wildman–Crippen MR) is 389 cm³/mol. The first kappa shape index (κ1) is 77.5. The van der Waals surface area contributed by atoms with E-state index in [0.717, 1.165) is 76.2 Å². The lowest BCUT2D eigenvalue weighted by molar-refractivity contribution is -0.248. The van der Waals surface area contributed by atoms with Crippen molar-refractivity contribution in [1.29, 1.82) is 0 Å². The van der Waals surface area contributed by atoms with Gasteiger partial charge < -0.3 is 75.5 Å². The van der Waals surface area contributed by atoms with E-state index in [9.17, 15) is 79.2 Å². The molecule has 3 aromatic carbocycles. The number of ether oxygens (including phenoxy) is 3. The SMILES string of the molecule is Cc1c(-c2ccc(N3CCc4cccc(C(=O)Nc5nc6ccccc6s5)c4C3)nc2C(=O)O)cnn1CC12CC3(C)CC(C)(C1)CC(OCCN(CC[C@H](O)CO)C(=O)OCc1ccc(NC(=O)[C@H](C)NC(O)[C@@H](NC(=O)CN4C(=O)C=CC4=O)C(C)C)cc1CC[C@@H]1O[C@H](C(=O)O)[C@@H](O)[C@H](O)[C@H]1O)(C3)C2.